The van der Waals surface area contributed by atoms with Gasteiger partial charge in [-0.2, -0.15) is 0 Å². The van der Waals surface area contributed by atoms with E-state index in [1.165, 1.54) is 6.07 Å². The number of benzene rings is 1. The number of hydrogen-bond donors (Lipinski definition) is 3. The van der Waals surface area contributed by atoms with Gasteiger partial charge in [0.25, 0.3) is 0 Å². The summed E-state index contributed by atoms with van der Waals surface area (Å²) < 4.78 is 0. The predicted octanol–water partition coefficient (Wildman–Crippen LogP) is 0.861. The molecule has 2 rings (SSSR count). The summed E-state index contributed by atoms with van der Waals surface area (Å²) in [6.07, 6.45) is 0. The van der Waals surface area contributed by atoms with E-state index in [1.807, 2.05) is 11.8 Å². The highest BCUT2D eigenvalue weighted by molar-refractivity contribution is 5.69. The fraction of sp³-hybridized carbons (Fsp3) is 0.500. The molecule has 1 fully saturated rings. The lowest BCUT2D eigenvalue weighted by atomic mass is 10.1. The van der Waals surface area contributed by atoms with Gasteiger partial charge in [-0.1, -0.05) is 0 Å². The lowest BCUT2D eigenvalue weighted by Gasteiger charge is -2.37. The van der Waals surface area contributed by atoms with Crippen LogP contribution in [-0.4, -0.2) is 63.8 Å². The molecule has 0 aliphatic carbocycles. The summed E-state index contributed by atoms with van der Waals surface area (Å²) in [4.78, 5) is 14.8. The molecule has 110 valence electrons. The largest absolute Gasteiger partial charge is 0.508 e. The Bertz CT molecular complexity index is 464. The summed E-state index contributed by atoms with van der Waals surface area (Å²) in [5.74, 6) is -0.697. The van der Waals surface area contributed by atoms with Crippen LogP contribution in [0.5, 0.6) is 11.5 Å². The topological polar surface area (TPSA) is 84.2 Å². The first-order valence-electron chi connectivity index (χ1n) is 6.67. The van der Waals surface area contributed by atoms with E-state index in [0.29, 0.717) is 13.1 Å². The third kappa shape index (κ3) is 3.61. The molecule has 1 aromatic carbocycles. The first-order chi connectivity index (χ1) is 9.45. The monoisotopic (exact) mass is 280 g/mol. The van der Waals surface area contributed by atoms with Crippen molar-refractivity contribution in [2.24, 2.45) is 0 Å². The van der Waals surface area contributed by atoms with Gasteiger partial charge in [-0.3, -0.25) is 14.6 Å². The molecule has 1 aliphatic rings. The molecule has 1 aromatic rings. The quantitative estimate of drug-likeness (QED) is 0.758. The number of carbonyl (C=O) groups is 1. The van der Waals surface area contributed by atoms with Crippen LogP contribution < -0.4 is 0 Å². The van der Waals surface area contributed by atoms with Gasteiger partial charge in [0.2, 0.25) is 0 Å². The summed E-state index contributed by atoms with van der Waals surface area (Å²) in [6, 6.07) is 4.67. The number of phenolic OH excluding ortho intramolecular Hbond substituents is 2. The molecule has 1 aliphatic heterocycles. The van der Waals surface area contributed by atoms with Gasteiger partial charge >= 0.3 is 5.97 Å². The second-order valence-electron chi connectivity index (χ2n) is 5.16. The van der Waals surface area contributed by atoms with Crippen LogP contribution in [0.15, 0.2) is 18.2 Å². The van der Waals surface area contributed by atoms with Gasteiger partial charge in [0.05, 0.1) is 6.54 Å². The molecule has 20 heavy (non-hydrogen) atoms. The molecule has 0 aromatic heterocycles. The zero-order valence-corrected chi connectivity index (χ0v) is 11.5. The number of hydrogen-bond acceptors (Lipinski definition) is 5. The molecule has 0 radical (unpaired) electrons. The molecule has 1 saturated heterocycles. The van der Waals surface area contributed by atoms with E-state index in [2.05, 4.69) is 4.90 Å². The fourth-order valence-electron chi connectivity index (χ4n) is 2.57. The maximum Gasteiger partial charge on any atom is 0.317 e. The number of phenols is 2. The summed E-state index contributed by atoms with van der Waals surface area (Å²) in [5, 5.41) is 27.8. The van der Waals surface area contributed by atoms with E-state index >= 15 is 0 Å². The molecule has 3 N–H and O–H groups in total. The SMILES string of the molecule is CC(c1cc(O)cc(O)c1)N1CCN(CC(=O)O)CC1. The van der Waals surface area contributed by atoms with Crippen LogP contribution in [0.3, 0.4) is 0 Å². The molecule has 0 amide bonds. The molecule has 1 unspecified atom stereocenters. The van der Waals surface area contributed by atoms with Gasteiger partial charge in [-0.05, 0) is 24.6 Å². The second-order valence-corrected chi connectivity index (χ2v) is 5.16. The Morgan fingerprint density at radius 3 is 2.20 bits per heavy atom. The van der Waals surface area contributed by atoms with E-state index < -0.39 is 5.97 Å². The van der Waals surface area contributed by atoms with Crippen molar-refractivity contribution in [3.05, 3.63) is 23.8 Å². The number of carboxylic acids is 1. The van der Waals surface area contributed by atoms with Crippen molar-refractivity contribution in [1.82, 2.24) is 9.80 Å². The second kappa shape index (κ2) is 6.11. The van der Waals surface area contributed by atoms with Gasteiger partial charge < -0.3 is 15.3 Å². The minimum absolute atomic E-state index is 0.0522. The lowest BCUT2D eigenvalue weighted by molar-refractivity contribution is -0.138. The van der Waals surface area contributed by atoms with Crippen molar-refractivity contribution in [2.45, 2.75) is 13.0 Å². The maximum absolute atomic E-state index is 10.7. The van der Waals surface area contributed by atoms with Gasteiger partial charge in [0, 0.05) is 38.3 Å². The molecular formula is C14H20N2O4. The summed E-state index contributed by atoms with van der Waals surface area (Å²) >= 11 is 0. The van der Waals surface area contributed by atoms with Crippen LogP contribution >= 0.6 is 0 Å². The Kier molecular flexibility index (Phi) is 4.46. The van der Waals surface area contributed by atoms with E-state index in [0.717, 1.165) is 18.7 Å². The van der Waals surface area contributed by atoms with Crippen molar-refractivity contribution in [2.75, 3.05) is 32.7 Å². The number of rotatable bonds is 4. The Balaban J connectivity index is 1.97. The van der Waals surface area contributed by atoms with Crippen molar-refractivity contribution >= 4 is 5.97 Å². The molecule has 1 heterocycles. The third-order valence-corrected chi connectivity index (χ3v) is 3.72. The summed E-state index contributed by atoms with van der Waals surface area (Å²) in [6.45, 7) is 5.05. The molecular weight excluding hydrogens is 260 g/mol. The predicted molar refractivity (Wildman–Crippen MR) is 73.8 cm³/mol. The van der Waals surface area contributed by atoms with Crippen LogP contribution in [0.1, 0.15) is 18.5 Å². The summed E-state index contributed by atoms with van der Waals surface area (Å²) in [5.41, 5.74) is 0.856. The van der Waals surface area contributed by atoms with Crippen molar-refractivity contribution in [3.63, 3.8) is 0 Å². The number of nitrogens with zero attached hydrogens (tertiary/aromatic N) is 2. The average Bonchev–Trinajstić information content (AvgIpc) is 2.37. The third-order valence-electron chi connectivity index (χ3n) is 3.72. The zero-order valence-electron chi connectivity index (χ0n) is 11.5. The molecule has 0 spiro atoms. The van der Waals surface area contributed by atoms with Crippen molar-refractivity contribution in [3.8, 4) is 11.5 Å². The normalized spacial score (nSPS) is 18.9. The number of carboxylic acid groups (broad SMARTS) is 1. The highest BCUT2D eigenvalue weighted by Crippen LogP contribution is 2.28. The Hall–Kier alpha value is -1.79. The number of piperazine rings is 1. The van der Waals surface area contributed by atoms with Gasteiger partial charge in [0.1, 0.15) is 11.5 Å². The highest BCUT2D eigenvalue weighted by atomic mass is 16.4. The Morgan fingerprint density at radius 1 is 1.15 bits per heavy atom. The number of aromatic hydroxyl groups is 2. The highest BCUT2D eigenvalue weighted by Gasteiger charge is 2.23. The Labute approximate surface area is 117 Å². The zero-order chi connectivity index (χ0) is 14.7. The smallest absolute Gasteiger partial charge is 0.317 e. The van der Waals surface area contributed by atoms with Crippen LogP contribution in [0.2, 0.25) is 0 Å². The van der Waals surface area contributed by atoms with Gasteiger partial charge in [0.15, 0.2) is 0 Å². The van der Waals surface area contributed by atoms with Crippen molar-refractivity contribution in [1.29, 1.82) is 0 Å². The summed E-state index contributed by atoms with van der Waals surface area (Å²) in [7, 11) is 0. The number of aliphatic carboxylic acids is 1. The molecule has 6 nitrogen and oxygen atoms in total. The van der Waals surface area contributed by atoms with E-state index in [4.69, 9.17) is 5.11 Å². The van der Waals surface area contributed by atoms with E-state index in [9.17, 15) is 15.0 Å². The minimum atomic E-state index is -0.801. The molecule has 6 heteroatoms. The van der Waals surface area contributed by atoms with Crippen LogP contribution in [0.4, 0.5) is 0 Å². The van der Waals surface area contributed by atoms with Crippen LogP contribution in [0, 0.1) is 0 Å². The van der Waals surface area contributed by atoms with Gasteiger partial charge in [-0.25, -0.2) is 0 Å². The standard InChI is InChI=1S/C14H20N2O4/c1-10(11-6-12(17)8-13(18)7-11)16-4-2-15(3-5-16)9-14(19)20/h6-8,10,17-18H,2-5,9H2,1H3,(H,19,20). The van der Waals surface area contributed by atoms with Gasteiger partial charge in [-0.15, -0.1) is 0 Å². The first-order valence-corrected chi connectivity index (χ1v) is 6.67. The van der Waals surface area contributed by atoms with E-state index in [-0.39, 0.29) is 24.1 Å². The Morgan fingerprint density at radius 2 is 1.70 bits per heavy atom. The molecule has 0 saturated carbocycles. The average molecular weight is 280 g/mol. The molecule has 1 atom stereocenters. The van der Waals surface area contributed by atoms with Crippen LogP contribution in [-0.2, 0) is 4.79 Å². The van der Waals surface area contributed by atoms with Crippen LogP contribution in [0.25, 0.3) is 0 Å². The van der Waals surface area contributed by atoms with Crippen molar-refractivity contribution < 1.29 is 20.1 Å². The lowest BCUT2D eigenvalue weighted by Crippen LogP contribution is -2.48. The van der Waals surface area contributed by atoms with E-state index in [1.54, 1.807) is 12.1 Å². The maximum atomic E-state index is 10.7. The molecule has 0 bridgehead atoms. The fourth-order valence-corrected chi connectivity index (χ4v) is 2.57. The minimum Gasteiger partial charge on any atom is -0.508 e. The first kappa shape index (κ1) is 14.6.